The third kappa shape index (κ3) is 5.91. The minimum Gasteiger partial charge on any atom is -0.496 e. The van der Waals surface area contributed by atoms with E-state index in [0.29, 0.717) is 19.4 Å². The first-order valence-corrected chi connectivity index (χ1v) is 13.0. The van der Waals surface area contributed by atoms with Gasteiger partial charge in [-0.3, -0.25) is 4.79 Å². The molecule has 10 heteroatoms. The Morgan fingerprint density at radius 3 is 2.36 bits per heavy atom. The number of carbonyl (C=O) groups is 2. The van der Waals surface area contributed by atoms with Gasteiger partial charge >= 0.3 is 12.1 Å². The van der Waals surface area contributed by atoms with Gasteiger partial charge in [-0.25, -0.2) is 4.79 Å². The average molecular weight is 549 g/mol. The third-order valence-electron chi connectivity index (χ3n) is 7.66. The highest BCUT2D eigenvalue weighted by molar-refractivity contribution is 5.88. The number of nitrogens with one attached hydrogen (secondary N) is 1. The highest BCUT2D eigenvalue weighted by Gasteiger charge is 2.58. The lowest BCUT2D eigenvalue weighted by Gasteiger charge is -2.35. The molecule has 212 valence electrons. The van der Waals surface area contributed by atoms with Crippen LogP contribution in [-0.4, -0.2) is 53.8 Å². The highest BCUT2D eigenvalue weighted by Crippen LogP contribution is 2.49. The SMILES string of the molecule is COc1ccc(C(F)(F)F)cc1CNC1C(c2ccccc2)N(C(=O)C2CCCO2)C(C(=O)O)C1C(C)(C)C. The molecule has 2 heterocycles. The van der Waals surface area contributed by atoms with Crippen LogP contribution in [-0.2, 0) is 27.0 Å². The van der Waals surface area contributed by atoms with E-state index < -0.39 is 53.3 Å². The van der Waals surface area contributed by atoms with E-state index in [9.17, 15) is 27.9 Å². The summed E-state index contributed by atoms with van der Waals surface area (Å²) in [4.78, 5) is 28.1. The first-order valence-electron chi connectivity index (χ1n) is 13.0. The van der Waals surface area contributed by atoms with Crippen molar-refractivity contribution in [3.8, 4) is 5.75 Å². The van der Waals surface area contributed by atoms with Crippen molar-refractivity contribution >= 4 is 11.9 Å². The van der Waals surface area contributed by atoms with Crippen LogP contribution in [0, 0.1) is 11.3 Å². The fourth-order valence-corrected chi connectivity index (χ4v) is 5.99. The van der Waals surface area contributed by atoms with Gasteiger partial charge in [0.15, 0.2) is 0 Å². The number of methoxy groups -OCH3 is 1. The van der Waals surface area contributed by atoms with Gasteiger partial charge in [-0.1, -0.05) is 51.1 Å². The lowest BCUT2D eigenvalue weighted by atomic mass is 9.72. The number of nitrogens with zero attached hydrogens (tertiary/aromatic N) is 1. The molecule has 4 rings (SSSR count). The Kier molecular flexibility index (Phi) is 8.28. The second-order valence-corrected chi connectivity index (χ2v) is 11.2. The first-order chi connectivity index (χ1) is 18.3. The number of hydrogen-bond donors (Lipinski definition) is 2. The van der Waals surface area contributed by atoms with Gasteiger partial charge in [-0.15, -0.1) is 0 Å². The van der Waals surface area contributed by atoms with Crippen molar-refractivity contribution in [3.63, 3.8) is 0 Å². The van der Waals surface area contributed by atoms with Gasteiger partial charge in [0.1, 0.15) is 17.9 Å². The monoisotopic (exact) mass is 548 g/mol. The number of halogens is 3. The van der Waals surface area contributed by atoms with Crippen LogP contribution in [0.5, 0.6) is 5.75 Å². The number of carboxylic acid groups (broad SMARTS) is 1. The summed E-state index contributed by atoms with van der Waals surface area (Å²) in [5.74, 6) is -1.83. The maximum absolute atomic E-state index is 13.9. The van der Waals surface area contributed by atoms with Crippen molar-refractivity contribution in [2.45, 2.75) is 70.6 Å². The molecule has 5 unspecified atom stereocenters. The van der Waals surface area contributed by atoms with Gasteiger partial charge in [0.05, 0.1) is 18.7 Å². The standard InChI is InChI=1S/C29H35F3N2O5/c1-28(2,3)22-23(33-16-18-15-19(29(30,31)32)12-13-20(18)38-4)24(17-9-6-5-7-10-17)34(25(22)27(36)37)26(35)21-11-8-14-39-21/h5-7,9-10,12-13,15,21-25,33H,8,11,14,16H2,1-4H3,(H,36,37). The van der Waals surface area contributed by atoms with Crippen LogP contribution >= 0.6 is 0 Å². The summed E-state index contributed by atoms with van der Waals surface area (Å²) in [6, 6.07) is 9.95. The number of hydrogen-bond acceptors (Lipinski definition) is 5. The van der Waals surface area contributed by atoms with E-state index in [1.807, 2.05) is 51.1 Å². The molecule has 0 saturated carbocycles. The zero-order valence-electron chi connectivity index (χ0n) is 22.5. The van der Waals surface area contributed by atoms with Gasteiger partial charge in [0.25, 0.3) is 5.91 Å². The molecule has 2 fully saturated rings. The molecule has 7 nitrogen and oxygen atoms in total. The number of aliphatic carboxylic acids is 1. The Bertz CT molecular complexity index is 1180. The second-order valence-electron chi connectivity index (χ2n) is 11.2. The van der Waals surface area contributed by atoms with E-state index in [-0.39, 0.29) is 23.8 Å². The summed E-state index contributed by atoms with van der Waals surface area (Å²) in [6.45, 7) is 6.14. The summed E-state index contributed by atoms with van der Waals surface area (Å²) in [6.07, 6.45) is -4.06. The maximum atomic E-state index is 13.9. The van der Waals surface area contributed by atoms with Gasteiger partial charge in [0.2, 0.25) is 0 Å². The zero-order chi connectivity index (χ0) is 28.5. The first kappa shape index (κ1) is 28.9. The normalized spacial score (nSPS) is 25.6. The van der Waals surface area contributed by atoms with Crippen molar-refractivity contribution in [2.75, 3.05) is 13.7 Å². The third-order valence-corrected chi connectivity index (χ3v) is 7.66. The Labute approximate surface area is 226 Å². The number of carbonyl (C=O) groups excluding carboxylic acids is 1. The number of alkyl halides is 3. The van der Waals surface area contributed by atoms with Crippen molar-refractivity contribution in [1.29, 1.82) is 0 Å². The molecule has 0 spiro atoms. The molecule has 2 saturated heterocycles. The second kappa shape index (κ2) is 11.2. The quantitative estimate of drug-likeness (QED) is 0.504. The lowest BCUT2D eigenvalue weighted by molar-refractivity contribution is -0.156. The Morgan fingerprint density at radius 2 is 1.82 bits per heavy atom. The van der Waals surface area contributed by atoms with Crippen LogP contribution in [0.1, 0.15) is 56.3 Å². The van der Waals surface area contributed by atoms with Gasteiger partial charge in [-0.05, 0) is 42.0 Å². The van der Waals surface area contributed by atoms with Gasteiger partial charge in [-0.2, -0.15) is 13.2 Å². The number of likely N-dealkylation sites (tertiary alicyclic amines) is 1. The molecule has 0 aliphatic carbocycles. The predicted molar refractivity (Wildman–Crippen MR) is 138 cm³/mol. The largest absolute Gasteiger partial charge is 0.496 e. The van der Waals surface area contributed by atoms with E-state index in [2.05, 4.69) is 5.32 Å². The van der Waals surface area contributed by atoms with Crippen LogP contribution in [0.3, 0.4) is 0 Å². The summed E-state index contributed by atoms with van der Waals surface area (Å²) >= 11 is 0. The minimum atomic E-state index is -4.53. The topological polar surface area (TPSA) is 88.1 Å². The van der Waals surface area contributed by atoms with Crippen molar-refractivity contribution < 1.29 is 37.3 Å². The van der Waals surface area contributed by atoms with Crippen LogP contribution in [0.25, 0.3) is 0 Å². The van der Waals surface area contributed by atoms with Gasteiger partial charge in [0, 0.05) is 30.7 Å². The number of amides is 1. The predicted octanol–water partition coefficient (Wildman–Crippen LogP) is 5.05. The Balaban J connectivity index is 1.81. The Morgan fingerprint density at radius 1 is 1.13 bits per heavy atom. The fraction of sp³-hybridized carbons (Fsp3) is 0.517. The zero-order valence-corrected chi connectivity index (χ0v) is 22.5. The molecule has 39 heavy (non-hydrogen) atoms. The summed E-state index contributed by atoms with van der Waals surface area (Å²) in [5.41, 5.74) is -0.382. The molecule has 0 aromatic heterocycles. The summed E-state index contributed by atoms with van der Waals surface area (Å²) < 4.78 is 51.5. The van der Waals surface area contributed by atoms with Crippen LogP contribution < -0.4 is 10.1 Å². The van der Waals surface area contributed by atoms with E-state index in [1.54, 1.807) is 0 Å². The molecule has 2 aliphatic heterocycles. The molecular weight excluding hydrogens is 513 g/mol. The summed E-state index contributed by atoms with van der Waals surface area (Å²) in [7, 11) is 1.38. The van der Waals surface area contributed by atoms with E-state index in [0.717, 1.165) is 17.7 Å². The minimum absolute atomic E-state index is 0.0258. The van der Waals surface area contributed by atoms with Crippen molar-refractivity contribution in [3.05, 3.63) is 65.2 Å². The Hall–Kier alpha value is -3.11. The summed E-state index contributed by atoms with van der Waals surface area (Å²) in [5, 5.41) is 13.8. The number of ether oxygens (including phenoxy) is 2. The van der Waals surface area contributed by atoms with Crippen molar-refractivity contribution in [2.24, 2.45) is 11.3 Å². The molecule has 2 aromatic rings. The number of benzene rings is 2. The van der Waals surface area contributed by atoms with E-state index in [1.165, 1.54) is 18.1 Å². The molecule has 2 N–H and O–H groups in total. The van der Waals surface area contributed by atoms with E-state index >= 15 is 0 Å². The van der Waals surface area contributed by atoms with Crippen LogP contribution in [0.2, 0.25) is 0 Å². The molecule has 2 aliphatic rings. The average Bonchev–Trinajstić information content (AvgIpc) is 3.53. The van der Waals surface area contributed by atoms with E-state index in [4.69, 9.17) is 9.47 Å². The molecule has 0 bridgehead atoms. The maximum Gasteiger partial charge on any atom is 0.416 e. The lowest BCUT2D eigenvalue weighted by Crippen LogP contribution is -2.50. The number of rotatable bonds is 7. The van der Waals surface area contributed by atoms with Crippen LogP contribution in [0.4, 0.5) is 13.2 Å². The van der Waals surface area contributed by atoms with Gasteiger partial charge < -0.3 is 24.8 Å². The molecule has 2 aromatic carbocycles. The molecule has 0 radical (unpaired) electrons. The molecule has 5 atom stereocenters. The van der Waals surface area contributed by atoms with Crippen molar-refractivity contribution in [1.82, 2.24) is 10.2 Å². The number of carboxylic acids is 1. The molecule has 1 amide bonds. The fourth-order valence-electron chi connectivity index (χ4n) is 5.99. The highest BCUT2D eigenvalue weighted by atomic mass is 19.4. The molecular formula is C29H35F3N2O5. The smallest absolute Gasteiger partial charge is 0.416 e. The van der Waals surface area contributed by atoms with Crippen LogP contribution in [0.15, 0.2) is 48.5 Å².